The van der Waals surface area contributed by atoms with E-state index < -0.39 is 0 Å². The Morgan fingerprint density at radius 1 is 1.45 bits per heavy atom. The molecule has 2 aromatic rings. The van der Waals surface area contributed by atoms with Gasteiger partial charge in [-0.3, -0.25) is 4.79 Å². The molecule has 6 nitrogen and oxygen atoms in total. The molecule has 0 atom stereocenters. The van der Waals surface area contributed by atoms with Crippen LogP contribution in [0.25, 0.3) is 0 Å². The van der Waals surface area contributed by atoms with E-state index in [1.54, 1.807) is 6.92 Å². The van der Waals surface area contributed by atoms with Crippen LogP contribution in [0.1, 0.15) is 40.8 Å². The minimum Gasteiger partial charge on any atom is -0.448 e. The van der Waals surface area contributed by atoms with Crippen LogP contribution in [0.3, 0.4) is 0 Å². The summed E-state index contributed by atoms with van der Waals surface area (Å²) >= 11 is 1.47. The standard InChI is InChI=1S/C13H16N4O2S/c1-8-15-10(6-19-8)12(18)17-4-2-9(3-5-17)11-7-20-13(14)16-11/h6-7,9H,2-5H2,1H3,(H2,14,16). The average molecular weight is 292 g/mol. The topological polar surface area (TPSA) is 85.2 Å². The number of nitrogens with two attached hydrogens (primary N) is 1. The van der Waals surface area contributed by atoms with E-state index in [1.807, 2.05) is 10.3 Å². The van der Waals surface area contributed by atoms with Gasteiger partial charge in [0.25, 0.3) is 5.91 Å². The maximum Gasteiger partial charge on any atom is 0.275 e. The molecule has 0 saturated carbocycles. The third-order valence-corrected chi connectivity index (χ3v) is 4.27. The normalized spacial score (nSPS) is 16.6. The van der Waals surface area contributed by atoms with Gasteiger partial charge in [-0.2, -0.15) is 0 Å². The molecule has 0 radical (unpaired) electrons. The fourth-order valence-corrected chi connectivity index (χ4v) is 3.13. The zero-order valence-electron chi connectivity index (χ0n) is 11.2. The maximum atomic E-state index is 12.2. The lowest BCUT2D eigenvalue weighted by atomic mass is 9.94. The molecule has 20 heavy (non-hydrogen) atoms. The molecule has 0 spiro atoms. The number of aryl methyl sites for hydroxylation is 1. The largest absolute Gasteiger partial charge is 0.448 e. The Balaban J connectivity index is 1.62. The first kappa shape index (κ1) is 13.1. The Labute approximate surface area is 120 Å². The number of nitrogen functional groups attached to an aromatic ring is 1. The second-order valence-electron chi connectivity index (χ2n) is 4.93. The predicted octanol–water partition coefficient (Wildman–Crippen LogP) is 2.04. The molecular weight excluding hydrogens is 276 g/mol. The van der Waals surface area contributed by atoms with Crippen LogP contribution in [0.2, 0.25) is 0 Å². The summed E-state index contributed by atoms with van der Waals surface area (Å²) in [6, 6.07) is 0. The highest BCUT2D eigenvalue weighted by Gasteiger charge is 2.27. The summed E-state index contributed by atoms with van der Waals surface area (Å²) in [4.78, 5) is 22.5. The molecule has 7 heteroatoms. The van der Waals surface area contributed by atoms with Gasteiger partial charge in [-0.05, 0) is 12.8 Å². The summed E-state index contributed by atoms with van der Waals surface area (Å²) in [5, 5.41) is 2.62. The quantitative estimate of drug-likeness (QED) is 0.915. The number of carbonyl (C=O) groups is 1. The summed E-state index contributed by atoms with van der Waals surface area (Å²) < 4.78 is 5.09. The Morgan fingerprint density at radius 2 is 2.20 bits per heavy atom. The number of thiazole rings is 1. The number of rotatable bonds is 2. The second kappa shape index (κ2) is 5.24. The summed E-state index contributed by atoms with van der Waals surface area (Å²) in [5.74, 6) is 0.853. The molecule has 2 aromatic heterocycles. The number of nitrogens with zero attached hydrogens (tertiary/aromatic N) is 3. The van der Waals surface area contributed by atoms with Crippen LogP contribution in [0.5, 0.6) is 0 Å². The van der Waals surface area contributed by atoms with Crippen molar-refractivity contribution >= 4 is 22.4 Å². The number of oxazole rings is 1. The molecule has 0 unspecified atom stereocenters. The van der Waals surface area contributed by atoms with E-state index in [4.69, 9.17) is 10.2 Å². The van der Waals surface area contributed by atoms with E-state index in [-0.39, 0.29) is 5.91 Å². The van der Waals surface area contributed by atoms with Crippen molar-refractivity contribution in [1.29, 1.82) is 0 Å². The molecule has 1 saturated heterocycles. The van der Waals surface area contributed by atoms with Gasteiger partial charge in [0.1, 0.15) is 6.26 Å². The Kier molecular flexibility index (Phi) is 3.43. The number of anilines is 1. The van der Waals surface area contributed by atoms with Crippen LogP contribution in [0.15, 0.2) is 16.1 Å². The van der Waals surface area contributed by atoms with Crippen LogP contribution in [0.4, 0.5) is 5.13 Å². The van der Waals surface area contributed by atoms with E-state index in [1.165, 1.54) is 17.6 Å². The molecule has 2 N–H and O–H groups in total. The highest BCUT2D eigenvalue weighted by molar-refractivity contribution is 7.13. The lowest BCUT2D eigenvalue weighted by Crippen LogP contribution is -2.38. The van der Waals surface area contributed by atoms with Crippen LogP contribution in [0, 0.1) is 6.92 Å². The molecule has 3 rings (SSSR count). The summed E-state index contributed by atoms with van der Waals surface area (Å²) in [5.41, 5.74) is 7.10. The summed E-state index contributed by atoms with van der Waals surface area (Å²) in [6.07, 6.45) is 3.24. The van der Waals surface area contributed by atoms with Gasteiger partial charge in [0.05, 0.1) is 5.69 Å². The van der Waals surface area contributed by atoms with Gasteiger partial charge in [-0.1, -0.05) is 0 Å². The van der Waals surface area contributed by atoms with Crippen molar-refractivity contribution in [3.8, 4) is 0 Å². The van der Waals surface area contributed by atoms with Gasteiger partial charge in [-0.15, -0.1) is 11.3 Å². The number of carbonyl (C=O) groups excluding carboxylic acids is 1. The summed E-state index contributed by atoms with van der Waals surface area (Å²) in [6.45, 7) is 3.16. The molecule has 0 bridgehead atoms. The highest BCUT2D eigenvalue weighted by Crippen LogP contribution is 2.30. The van der Waals surface area contributed by atoms with Crippen LogP contribution < -0.4 is 5.73 Å². The first-order valence-corrected chi connectivity index (χ1v) is 7.44. The van der Waals surface area contributed by atoms with Gasteiger partial charge >= 0.3 is 0 Å². The lowest BCUT2D eigenvalue weighted by Gasteiger charge is -2.30. The van der Waals surface area contributed by atoms with Crippen molar-refractivity contribution in [2.75, 3.05) is 18.8 Å². The van der Waals surface area contributed by atoms with Gasteiger partial charge in [-0.25, -0.2) is 9.97 Å². The number of piperidine rings is 1. The number of hydrogen-bond acceptors (Lipinski definition) is 6. The fourth-order valence-electron chi connectivity index (χ4n) is 2.49. The number of aromatic nitrogens is 2. The molecule has 1 amide bonds. The van der Waals surface area contributed by atoms with Crippen molar-refractivity contribution in [2.45, 2.75) is 25.7 Å². The Hall–Kier alpha value is -1.89. The van der Waals surface area contributed by atoms with Crippen LogP contribution >= 0.6 is 11.3 Å². The van der Waals surface area contributed by atoms with Crippen molar-refractivity contribution in [2.24, 2.45) is 0 Å². The maximum absolute atomic E-state index is 12.2. The van der Waals surface area contributed by atoms with E-state index >= 15 is 0 Å². The molecule has 1 aliphatic heterocycles. The average Bonchev–Trinajstić information content (AvgIpc) is 3.07. The summed E-state index contributed by atoms with van der Waals surface area (Å²) in [7, 11) is 0. The Bertz CT molecular complexity index is 613. The molecule has 0 aromatic carbocycles. The number of hydrogen-bond donors (Lipinski definition) is 1. The molecule has 0 aliphatic carbocycles. The number of amides is 1. The number of likely N-dealkylation sites (tertiary alicyclic amines) is 1. The van der Waals surface area contributed by atoms with Crippen molar-refractivity contribution < 1.29 is 9.21 Å². The molecule has 1 aliphatic rings. The van der Waals surface area contributed by atoms with Gasteiger partial charge in [0.15, 0.2) is 16.7 Å². The van der Waals surface area contributed by atoms with Crippen molar-refractivity contribution in [3.05, 3.63) is 28.9 Å². The van der Waals surface area contributed by atoms with E-state index in [9.17, 15) is 4.79 Å². The Morgan fingerprint density at radius 3 is 2.75 bits per heavy atom. The molecule has 3 heterocycles. The van der Waals surface area contributed by atoms with E-state index in [2.05, 4.69) is 9.97 Å². The predicted molar refractivity (Wildman–Crippen MR) is 75.6 cm³/mol. The lowest BCUT2D eigenvalue weighted by molar-refractivity contribution is 0.0706. The van der Waals surface area contributed by atoms with Gasteiger partial charge in [0.2, 0.25) is 0 Å². The van der Waals surface area contributed by atoms with Crippen LogP contribution in [-0.2, 0) is 0 Å². The van der Waals surface area contributed by atoms with Crippen LogP contribution in [-0.4, -0.2) is 33.9 Å². The molecule has 106 valence electrons. The molecule has 1 fully saturated rings. The monoisotopic (exact) mass is 292 g/mol. The smallest absolute Gasteiger partial charge is 0.275 e. The second-order valence-corrected chi connectivity index (χ2v) is 5.82. The third kappa shape index (κ3) is 2.53. The highest BCUT2D eigenvalue weighted by atomic mass is 32.1. The zero-order chi connectivity index (χ0) is 14.1. The third-order valence-electron chi connectivity index (χ3n) is 3.58. The van der Waals surface area contributed by atoms with Gasteiger partial charge in [0, 0.05) is 31.3 Å². The van der Waals surface area contributed by atoms with E-state index in [0.717, 1.165) is 18.5 Å². The molecular formula is C13H16N4O2S. The first-order valence-electron chi connectivity index (χ1n) is 6.56. The van der Waals surface area contributed by atoms with Crippen molar-refractivity contribution in [1.82, 2.24) is 14.9 Å². The fraction of sp³-hybridized carbons (Fsp3) is 0.462. The SMILES string of the molecule is Cc1nc(C(=O)N2CCC(c3csc(N)n3)CC2)co1. The van der Waals surface area contributed by atoms with Gasteiger partial charge < -0.3 is 15.1 Å². The first-order chi connectivity index (χ1) is 9.63. The minimum absolute atomic E-state index is 0.0573. The zero-order valence-corrected chi connectivity index (χ0v) is 12.0. The van der Waals surface area contributed by atoms with E-state index in [0.29, 0.717) is 35.7 Å². The minimum atomic E-state index is -0.0573. The van der Waals surface area contributed by atoms with Crippen molar-refractivity contribution in [3.63, 3.8) is 0 Å².